The molecule has 1 aliphatic heterocycles. The van der Waals surface area contributed by atoms with Gasteiger partial charge in [-0.1, -0.05) is 21.6 Å². The molecule has 0 aromatic rings. The summed E-state index contributed by atoms with van der Waals surface area (Å²) in [6, 6.07) is 0.224. The van der Waals surface area contributed by atoms with E-state index in [4.69, 9.17) is 5.53 Å². The van der Waals surface area contributed by atoms with Crippen molar-refractivity contribution in [1.82, 2.24) is 5.32 Å². The Hall–Kier alpha value is -0.450. The van der Waals surface area contributed by atoms with E-state index >= 15 is 0 Å². The Bertz CT molecular complexity index is 209. The molecule has 4 nitrogen and oxygen atoms in total. The standard InChI is InChI=1S/C6H9N3OS2/c7-8-3-6(10)9-5-1-2-11-12-4-5/h3,5H,1-2,4H2,(H,9,10)/t5-/m0/s1. The molecule has 0 aromatic carbocycles. The number of carbonyl (C=O) groups is 1. The average Bonchev–Trinajstić information content (AvgIpc) is 2.06. The number of amides is 1. The third-order valence-electron chi connectivity index (χ3n) is 1.42. The van der Waals surface area contributed by atoms with Gasteiger partial charge >= 0.3 is 12.1 Å². The quantitative estimate of drug-likeness (QED) is 0.308. The Morgan fingerprint density at radius 3 is 3.08 bits per heavy atom. The molecule has 12 heavy (non-hydrogen) atoms. The maximum Gasteiger partial charge on any atom is 0.344 e. The molecule has 1 saturated heterocycles. The maximum atomic E-state index is 10.9. The lowest BCUT2D eigenvalue weighted by molar-refractivity contribution is -0.118. The third kappa shape index (κ3) is 3.30. The molecule has 1 aliphatic rings. The normalized spacial score (nSPS) is 22.5. The van der Waals surface area contributed by atoms with E-state index in [1.165, 1.54) is 0 Å². The number of rotatable bonds is 2. The first-order chi connectivity index (χ1) is 5.83. The maximum absolute atomic E-state index is 10.9. The van der Waals surface area contributed by atoms with Crippen LogP contribution in [0.15, 0.2) is 0 Å². The van der Waals surface area contributed by atoms with E-state index in [0.29, 0.717) is 0 Å². The van der Waals surface area contributed by atoms with Gasteiger partial charge in [0.15, 0.2) is 0 Å². The van der Waals surface area contributed by atoms with Crippen LogP contribution < -0.4 is 5.32 Å². The van der Waals surface area contributed by atoms with Crippen LogP contribution in [0.4, 0.5) is 0 Å². The molecule has 1 rings (SSSR count). The molecule has 1 heterocycles. The van der Waals surface area contributed by atoms with E-state index in [2.05, 4.69) is 10.1 Å². The van der Waals surface area contributed by atoms with Crippen molar-refractivity contribution in [2.75, 3.05) is 11.5 Å². The fourth-order valence-corrected chi connectivity index (χ4v) is 3.30. The first kappa shape index (κ1) is 9.64. The molecule has 1 N–H and O–H groups in total. The van der Waals surface area contributed by atoms with Gasteiger partial charge in [-0.05, 0) is 6.42 Å². The van der Waals surface area contributed by atoms with Crippen LogP contribution in [0.25, 0.3) is 5.53 Å². The predicted octanol–water partition coefficient (Wildman–Crippen LogP) is 0.557. The second-order valence-electron chi connectivity index (χ2n) is 2.35. The van der Waals surface area contributed by atoms with Crippen molar-refractivity contribution < 1.29 is 9.58 Å². The highest BCUT2D eigenvalue weighted by Crippen LogP contribution is 2.28. The number of nitrogens with one attached hydrogen (secondary N) is 1. The fourth-order valence-electron chi connectivity index (χ4n) is 0.868. The highest BCUT2D eigenvalue weighted by Gasteiger charge is 2.16. The minimum Gasteiger partial charge on any atom is -0.361 e. The monoisotopic (exact) mass is 203 g/mol. The van der Waals surface area contributed by atoms with Crippen LogP contribution >= 0.6 is 21.6 Å². The van der Waals surface area contributed by atoms with Gasteiger partial charge in [0, 0.05) is 17.5 Å². The van der Waals surface area contributed by atoms with Crippen LogP contribution in [0.1, 0.15) is 6.42 Å². The van der Waals surface area contributed by atoms with Gasteiger partial charge in [-0.15, -0.1) is 0 Å². The van der Waals surface area contributed by atoms with Crippen LogP contribution in [0.2, 0.25) is 0 Å². The van der Waals surface area contributed by atoms with Gasteiger partial charge in [-0.3, -0.25) is 4.79 Å². The van der Waals surface area contributed by atoms with Crippen molar-refractivity contribution in [2.45, 2.75) is 12.5 Å². The Morgan fingerprint density at radius 2 is 2.50 bits per heavy atom. The minimum absolute atomic E-state index is 0.224. The van der Waals surface area contributed by atoms with Gasteiger partial charge in [0.25, 0.3) is 0 Å². The summed E-state index contributed by atoms with van der Waals surface area (Å²) in [7, 11) is 3.58. The molecule has 0 bridgehead atoms. The predicted molar refractivity (Wildman–Crippen MR) is 51.1 cm³/mol. The van der Waals surface area contributed by atoms with Crippen LogP contribution in [-0.4, -0.2) is 34.5 Å². The third-order valence-corrected chi connectivity index (χ3v) is 3.94. The first-order valence-electron chi connectivity index (χ1n) is 3.55. The smallest absolute Gasteiger partial charge is 0.344 e. The Balaban J connectivity index is 2.29. The van der Waals surface area contributed by atoms with Crippen LogP contribution in [0, 0.1) is 0 Å². The molecule has 0 aromatic heterocycles. The van der Waals surface area contributed by atoms with Gasteiger partial charge in [-0.2, -0.15) is 4.79 Å². The number of hydrogen-bond acceptors (Lipinski definition) is 3. The number of carbonyl (C=O) groups excluding carboxylic acids is 1. The SMILES string of the molecule is [N-]=[N+]=CC(=O)N[C@H]1CCSSC1. The Labute approximate surface area is 78.5 Å². The van der Waals surface area contributed by atoms with E-state index in [-0.39, 0.29) is 11.9 Å². The molecule has 0 unspecified atom stereocenters. The lowest BCUT2D eigenvalue weighted by Crippen LogP contribution is -2.38. The van der Waals surface area contributed by atoms with Gasteiger partial charge in [-0.25, -0.2) is 0 Å². The molecule has 0 spiro atoms. The summed E-state index contributed by atoms with van der Waals surface area (Å²) in [4.78, 5) is 13.5. The van der Waals surface area contributed by atoms with Crippen molar-refractivity contribution in [1.29, 1.82) is 0 Å². The van der Waals surface area contributed by atoms with Crippen molar-refractivity contribution in [2.24, 2.45) is 0 Å². The number of hydrogen-bond donors (Lipinski definition) is 1. The summed E-state index contributed by atoms with van der Waals surface area (Å²) >= 11 is 0. The summed E-state index contributed by atoms with van der Waals surface area (Å²) in [5.74, 6) is 1.66. The van der Waals surface area contributed by atoms with Gasteiger partial charge in [0.1, 0.15) is 0 Å². The summed E-state index contributed by atoms with van der Waals surface area (Å²) in [6.45, 7) is 0. The van der Waals surface area contributed by atoms with E-state index in [9.17, 15) is 4.79 Å². The van der Waals surface area contributed by atoms with Crippen LogP contribution in [0.3, 0.4) is 0 Å². The summed E-state index contributed by atoms with van der Waals surface area (Å²) in [5, 5.41) is 2.74. The van der Waals surface area contributed by atoms with E-state index in [0.717, 1.165) is 24.1 Å². The summed E-state index contributed by atoms with van der Waals surface area (Å²) in [5.41, 5.74) is 8.07. The second kappa shape index (κ2) is 5.24. The Morgan fingerprint density at radius 1 is 1.67 bits per heavy atom. The molecule has 1 atom stereocenters. The largest absolute Gasteiger partial charge is 0.361 e. The number of nitrogens with zero attached hydrogens (tertiary/aromatic N) is 2. The van der Waals surface area contributed by atoms with Crippen molar-refractivity contribution in [3.63, 3.8) is 0 Å². The summed E-state index contributed by atoms with van der Waals surface area (Å²) < 4.78 is 0. The van der Waals surface area contributed by atoms with Crippen LogP contribution in [-0.2, 0) is 4.79 Å². The molecule has 6 heteroatoms. The van der Waals surface area contributed by atoms with Crippen LogP contribution in [0.5, 0.6) is 0 Å². The van der Waals surface area contributed by atoms with E-state index < -0.39 is 0 Å². The van der Waals surface area contributed by atoms with E-state index in [1.54, 1.807) is 10.8 Å². The first-order valence-corrected chi connectivity index (χ1v) is 6.04. The van der Waals surface area contributed by atoms with Gasteiger partial charge in [0.2, 0.25) is 0 Å². The van der Waals surface area contributed by atoms with E-state index in [1.807, 2.05) is 10.8 Å². The summed E-state index contributed by atoms with van der Waals surface area (Å²) in [6.07, 6.45) is 1.87. The Kier molecular flexibility index (Phi) is 4.21. The highest BCUT2D eigenvalue weighted by molar-refractivity contribution is 8.76. The second-order valence-corrected chi connectivity index (χ2v) is 4.97. The average molecular weight is 203 g/mol. The molecule has 0 radical (unpaired) electrons. The molecule has 66 valence electrons. The van der Waals surface area contributed by atoms with Gasteiger partial charge < -0.3 is 10.8 Å². The van der Waals surface area contributed by atoms with Crippen molar-refractivity contribution in [3.05, 3.63) is 5.53 Å². The lowest BCUT2D eigenvalue weighted by Gasteiger charge is -2.19. The topological polar surface area (TPSA) is 65.5 Å². The minimum atomic E-state index is -0.324. The zero-order valence-corrected chi connectivity index (χ0v) is 8.03. The zero-order chi connectivity index (χ0) is 8.81. The van der Waals surface area contributed by atoms with Gasteiger partial charge in [0.05, 0.1) is 0 Å². The highest BCUT2D eigenvalue weighted by atomic mass is 33.1. The fraction of sp³-hybridized carbons (Fsp3) is 0.667. The lowest BCUT2D eigenvalue weighted by atomic mass is 10.2. The molecular weight excluding hydrogens is 194 g/mol. The van der Waals surface area contributed by atoms with Crippen molar-refractivity contribution >= 4 is 33.7 Å². The molecule has 0 saturated carbocycles. The molecule has 1 amide bonds. The molecule has 1 fully saturated rings. The molecular formula is C6H9N3OS2. The molecule has 0 aliphatic carbocycles. The van der Waals surface area contributed by atoms with Crippen molar-refractivity contribution in [3.8, 4) is 0 Å². The zero-order valence-electron chi connectivity index (χ0n) is 6.40.